The van der Waals surface area contributed by atoms with Crippen molar-refractivity contribution in [3.05, 3.63) is 29.8 Å². The Hall–Kier alpha value is -1.64. The van der Waals surface area contributed by atoms with Gasteiger partial charge in [-0.2, -0.15) is 0 Å². The Morgan fingerprint density at radius 3 is 2.00 bits per heavy atom. The minimum atomic E-state index is -0.643. The molecule has 0 aliphatic heterocycles. The minimum absolute atomic E-state index is 0.128. The van der Waals surface area contributed by atoms with E-state index in [1.165, 1.54) is 13.8 Å². The molecule has 0 saturated carbocycles. The summed E-state index contributed by atoms with van der Waals surface area (Å²) in [5.74, 6) is -0.152. The molecule has 3 nitrogen and oxygen atoms in total. The number of ether oxygens (including phenoxy) is 1. The van der Waals surface area contributed by atoms with Crippen LogP contribution in [-0.2, 0) is 9.59 Å². The third kappa shape index (κ3) is 2.92. The summed E-state index contributed by atoms with van der Waals surface area (Å²) in [6.45, 7) is 5.37. The maximum absolute atomic E-state index is 11.3. The first-order chi connectivity index (χ1) is 7.56. The lowest BCUT2D eigenvalue weighted by atomic mass is 9.92. The minimum Gasteiger partial charge on any atom is -0.494 e. The highest BCUT2D eigenvalue weighted by Crippen LogP contribution is 2.21. The number of ketones is 2. The molecule has 0 saturated heterocycles. The van der Waals surface area contributed by atoms with Crippen molar-refractivity contribution in [1.82, 2.24) is 0 Å². The Morgan fingerprint density at radius 2 is 1.62 bits per heavy atom. The summed E-state index contributed by atoms with van der Waals surface area (Å²) in [6.07, 6.45) is 0. The van der Waals surface area contributed by atoms with Gasteiger partial charge in [0.25, 0.3) is 0 Å². The molecule has 1 aromatic rings. The molecule has 0 aromatic heterocycles. The van der Waals surface area contributed by atoms with E-state index in [0.29, 0.717) is 6.61 Å². The van der Waals surface area contributed by atoms with E-state index in [4.69, 9.17) is 4.74 Å². The summed E-state index contributed by atoms with van der Waals surface area (Å²) in [7, 11) is 0. The van der Waals surface area contributed by atoms with Gasteiger partial charge in [-0.25, -0.2) is 0 Å². The smallest absolute Gasteiger partial charge is 0.144 e. The van der Waals surface area contributed by atoms with Crippen LogP contribution in [0, 0.1) is 0 Å². The zero-order valence-corrected chi connectivity index (χ0v) is 9.82. The van der Waals surface area contributed by atoms with Gasteiger partial charge >= 0.3 is 0 Å². The molecule has 0 fully saturated rings. The summed E-state index contributed by atoms with van der Waals surface area (Å²) in [4.78, 5) is 22.7. The van der Waals surface area contributed by atoms with Crippen molar-refractivity contribution in [3.8, 4) is 5.75 Å². The number of hydrogen-bond acceptors (Lipinski definition) is 3. The van der Waals surface area contributed by atoms with E-state index in [0.717, 1.165) is 11.3 Å². The topological polar surface area (TPSA) is 43.4 Å². The average molecular weight is 220 g/mol. The number of carbonyl (C=O) groups is 2. The van der Waals surface area contributed by atoms with E-state index >= 15 is 0 Å². The van der Waals surface area contributed by atoms with E-state index in [1.807, 2.05) is 6.92 Å². The molecule has 0 amide bonds. The second-order valence-electron chi connectivity index (χ2n) is 3.66. The van der Waals surface area contributed by atoms with Crippen molar-refractivity contribution in [3.63, 3.8) is 0 Å². The van der Waals surface area contributed by atoms with Gasteiger partial charge in [0.2, 0.25) is 0 Å². The zero-order valence-electron chi connectivity index (χ0n) is 9.82. The Morgan fingerprint density at radius 1 is 1.12 bits per heavy atom. The van der Waals surface area contributed by atoms with Gasteiger partial charge in [-0.3, -0.25) is 9.59 Å². The molecule has 0 aliphatic carbocycles. The summed E-state index contributed by atoms with van der Waals surface area (Å²) >= 11 is 0. The van der Waals surface area contributed by atoms with E-state index < -0.39 is 5.92 Å². The lowest BCUT2D eigenvalue weighted by Gasteiger charge is -2.11. The Labute approximate surface area is 95.4 Å². The molecule has 0 bridgehead atoms. The predicted molar refractivity (Wildman–Crippen MR) is 61.7 cm³/mol. The molecule has 0 aliphatic rings. The number of benzene rings is 1. The highest BCUT2D eigenvalue weighted by molar-refractivity contribution is 6.05. The highest BCUT2D eigenvalue weighted by atomic mass is 16.5. The van der Waals surface area contributed by atoms with Gasteiger partial charge in [0.15, 0.2) is 0 Å². The molecule has 1 aromatic carbocycles. The molecule has 0 N–H and O–H groups in total. The standard InChI is InChI=1S/C13H16O3/c1-4-16-12-7-5-11(6-8-12)13(9(2)14)10(3)15/h5-8,13H,4H2,1-3H3. The molecule has 0 heterocycles. The second-order valence-corrected chi connectivity index (χ2v) is 3.66. The first-order valence-electron chi connectivity index (χ1n) is 5.30. The molecule has 16 heavy (non-hydrogen) atoms. The van der Waals surface area contributed by atoms with Crippen LogP contribution in [0.15, 0.2) is 24.3 Å². The third-order valence-electron chi connectivity index (χ3n) is 2.34. The van der Waals surface area contributed by atoms with Gasteiger partial charge in [-0.15, -0.1) is 0 Å². The summed E-state index contributed by atoms with van der Waals surface area (Å²) in [5, 5.41) is 0. The molecule has 0 spiro atoms. The predicted octanol–water partition coefficient (Wildman–Crippen LogP) is 2.35. The van der Waals surface area contributed by atoms with Crippen molar-refractivity contribution in [2.75, 3.05) is 6.61 Å². The third-order valence-corrected chi connectivity index (χ3v) is 2.34. The Kier molecular flexibility index (Phi) is 4.23. The fraction of sp³-hybridized carbons (Fsp3) is 0.385. The van der Waals surface area contributed by atoms with Crippen molar-refractivity contribution in [1.29, 1.82) is 0 Å². The van der Waals surface area contributed by atoms with Crippen LogP contribution in [0.5, 0.6) is 5.75 Å². The van der Waals surface area contributed by atoms with Crippen LogP contribution in [0.2, 0.25) is 0 Å². The highest BCUT2D eigenvalue weighted by Gasteiger charge is 2.21. The maximum atomic E-state index is 11.3. The van der Waals surface area contributed by atoms with Gasteiger partial charge in [0.05, 0.1) is 6.61 Å². The molecular formula is C13H16O3. The van der Waals surface area contributed by atoms with Crippen molar-refractivity contribution < 1.29 is 14.3 Å². The molecule has 1 rings (SSSR count). The van der Waals surface area contributed by atoms with Crippen LogP contribution in [0.25, 0.3) is 0 Å². The molecule has 86 valence electrons. The fourth-order valence-electron chi connectivity index (χ4n) is 1.68. The summed E-state index contributed by atoms with van der Waals surface area (Å²) in [5.41, 5.74) is 0.725. The number of carbonyl (C=O) groups excluding carboxylic acids is 2. The van der Waals surface area contributed by atoms with Gasteiger partial charge < -0.3 is 4.74 Å². The van der Waals surface area contributed by atoms with Crippen molar-refractivity contribution >= 4 is 11.6 Å². The van der Waals surface area contributed by atoms with Gasteiger partial charge in [0.1, 0.15) is 23.2 Å². The second kappa shape index (κ2) is 5.45. The molecule has 0 atom stereocenters. The van der Waals surface area contributed by atoms with Crippen molar-refractivity contribution in [2.24, 2.45) is 0 Å². The van der Waals surface area contributed by atoms with Gasteiger partial charge in [-0.1, -0.05) is 12.1 Å². The average Bonchev–Trinajstić information content (AvgIpc) is 2.20. The van der Waals surface area contributed by atoms with E-state index in [2.05, 4.69) is 0 Å². The number of rotatable bonds is 5. The van der Waals surface area contributed by atoms with E-state index in [1.54, 1.807) is 24.3 Å². The van der Waals surface area contributed by atoms with Crippen LogP contribution in [0.3, 0.4) is 0 Å². The van der Waals surface area contributed by atoms with Gasteiger partial charge in [0, 0.05) is 0 Å². The first kappa shape index (κ1) is 12.4. The lowest BCUT2D eigenvalue weighted by molar-refractivity contribution is -0.126. The van der Waals surface area contributed by atoms with Crippen LogP contribution in [0.4, 0.5) is 0 Å². The van der Waals surface area contributed by atoms with Crippen molar-refractivity contribution in [2.45, 2.75) is 26.7 Å². The van der Waals surface area contributed by atoms with Gasteiger partial charge in [-0.05, 0) is 38.5 Å². The largest absolute Gasteiger partial charge is 0.494 e. The Balaban J connectivity index is 2.94. The summed E-state index contributed by atoms with van der Waals surface area (Å²) in [6, 6.07) is 7.08. The Bertz CT molecular complexity index is 365. The summed E-state index contributed by atoms with van der Waals surface area (Å²) < 4.78 is 5.29. The van der Waals surface area contributed by atoms with Crippen LogP contribution >= 0.6 is 0 Å². The quantitative estimate of drug-likeness (QED) is 0.715. The van der Waals surface area contributed by atoms with Crippen LogP contribution in [-0.4, -0.2) is 18.2 Å². The normalized spacial score (nSPS) is 10.2. The molecule has 0 radical (unpaired) electrons. The zero-order chi connectivity index (χ0) is 12.1. The number of Topliss-reactive ketones (excluding diaryl/α,β-unsaturated/α-hetero) is 2. The number of hydrogen-bond donors (Lipinski definition) is 0. The fourth-order valence-corrected chi connectivity index (χ4v) is 1.68. The maximum Gasteiger partial charge on any atom is 0.144 e. The van der Waals surface area contributed by atoms with Crippen LogP contribution in [0.1, 0.15) is 32.3 Å². The molecule has 3 heteroatoms. The first-order valence-corrected chi connectivity index (χ1v) is 5.30. The van der Waals surface area contributed by atoms with E-state index in [9.17, 15) is 9.59 Å². The van der Waals surface area contributed by atoms with E-state index in [-0.39, 0.29) is 11.6 Å². The molecule has 0 unspecified atom stereocenters. The lowest BCUT2D eigenvalue weighted by Crippen LogP contribution is -2.16. The monoisotopic (exact) mass is 220 g/mol. The van der Waals surface area contributed by atoms with Crippen LogP contribution < -0.4 is 4.74 Å². The molecular weight excluding hydrogens is 204 g/mol. The SMILES string of the molecule is CCOc1ccc(C(C(C)=O)C(C)=O)cc1.